The molecule has 1 aliphatic rings. The van der Waals surface area contributed by atoms with Gasteiger partial charge in [0, 0.05) is 25.4 Å². The highest BCUT2D eigenvalue weighted by Crippen LogP contribution is 2.18. The third kappa shape index (κ3) is 2.20. The second-order valence-corrected chi connectivity index (χ2v) is 4.84. The normalized spacial score (nSPS) is 16.5. The van der Waals surface area contributed by atoms with Crippen LogP contribution in [0.1, 0.15) is 18.5 Å². The van der Waals surface area contributed by atoms with Crippen LogP contribution in [0.15, 0.2) is 24.5 Å². The minimum atomic E-state index is 0.838. The number of hydrogen-bond donors (Lipinski definition) is 0. The van der Waals surface area contributed by atoms with Crippen LogP contribution in [0, 0.1) is 0 Å². The van der Waals surface area contributed by atoms with Crippen molar-refractivity contribution in [2.24, 2.45) is 0 Å². The summed E-state index contributed by atoms with van der Waals surface area (Å²) in [5.41, 5.74) is 2.06. The second kappa shape index (κ2) is 4.98. The molecule has 3 rings (SSSR count). The van der Waals surface area contributed by atoms with E-state index in [0.717, 1.165) is 30.1 Å². The topological polar surface area (TPSA) is 29.8 Å². The first-order chi connectivity index (χ1) is 8.86. The average molecular weight is 245 g/mol. The van der Waals surface area contributed by atoms with Crippen molar-refractivity contribution in [1.29, 1.82) is 0 Å². The molecule has 0 saturated carbocycles. The highest BCUT2D eigenvalue weighted by molar-refractivity contribution is 5.54. The minimum Gasteiger partial charge on any atom is -0.493 e. The minimum absolute atomic E-state index is 0.838. The maximum absolute atomic E-state index is 5.32. The van der Waals surface area contributed by atoms with Crippen molar-refractivity contribution in [1.82, 2.24) is 14.3 Å². The van der Waals surface area contributed by atoms with Crippen LogP contribution in [0.25, 0.3) is 5.65 Å². The molecule has 2 aromatic heterocycles. The monoisotopic (exact) mass is 245 g/mol. The Morgan fingerprint density at radius 3 is 2.94 bits per heavy atom. The third-order valence-corrected chi connectivity index (χ3v) is 3.60. The number of likely N-dealkylation sites (tertiary alicyclic amines) is 1. The SMILES string of the molecule is COc1cccn2cc(CCN3CCCC3)nc12. The number of rotatable bonds is 4. The first-order valence-corrected chi connectivity index (χ1v) is 6.60. The fourth-order valence-electron chi connectivity index (χ4n) is 2.60. The molecule has 1 saturated heterocycles. The van der Waals surface area contributed by atoms with Crippen LogP contribution in [0.4, 0.5) is 0 Å². The fraction of sp³-hybridized carbons (Fsp3) is 0.500. The molecule has 2 aromatic rings. The molecular weight excluding hydrogens is 226 g/mol. The van der Waals surface area contributed by atoms with Gasteiger partial charge >= 0.3 is 0 Å². The predicted octanol–water partition coefficient (Wildman–Crippen LogP) is 1.98. The van der Waals surface area contributed by atoms with Crippen molar-refractivity contribution in [3.05, 3.63) is 30.2 Å². The zero-order valence-electron chi connectivity index (χ0n) is 10.8. The molecule has 0 unspecified atom stereocenters. The number of methoxy groups -OCH3 is 1. The molecule has 0 aliphatic carbocycles. The summed E-state index contributed by atoms with van der Waals surface area (Å²) in [5.74, 6) is 0.838. The number of imidazole rings is 1. The van der Waals surface area contributed by atoms with Gasteiger partial charge in [-0.2, -0.15) is 0 Å². The highest BCUT2D eigenvalue weighted by Gasteiger charge is 2.12. The van der Waals surface area contributed by atoms with Crippen LogP contribution in [0.5, 0.6) is 5.75 Å². The molecule has 3 heterocycles. The number of ether oxygens (including phenoxy) is 1. The number of aromatic nitrogens is 2. The summed E-state index contributed by atoms with van der Waals surface area (Å²) in [6, 6.07) is 3.93. The lowest BCUT2D eigenvalue weighted by atomic mass is 10.3. The Morgan fingerprint density at radius 2 is 2.17 bits per heavy atom. The van der Waals surface area contributed by atoms with Gasteiger partial charge in [-0.3, -0.25) is 0 Å². The predicted molar refractivity (Wildman–Crippen MR) is 71.1 cm³/mol. The lowest BCUT2D eigenvalue weighted by Crippen LogP contribution is -2.21. The smallest absolute Gasteiger partial charge is 0.179 e. The van der Waals surface area contributed by atoms with Gasteiger partial charge in [0.15, 0.2) is 11.4 Å². The van der Waals surface area contributed by atoms with Crippen molar-refractivity contribution < 1.29 is 4.74 Å². The van der Waals surface area contributed by atoms with Crippen LogP contribution in [-0.4, -0.2) is 41.0 Å². The number of nitrogens with zero attached hydrogens (tertiary/aromatic N) is 3. The van der Waals surface area contributed by atoms with E-state index in [4.69, 9.17) is 4.74 Å². The first-order valence-electron chi connectivity index (χ1n) is 6.60. The highest BCUT2D eigenvalue weighted by atomic mass is 16.5. The first kappa shape index (κ1) is 11.5. The zero-order chi connectivity index (χ0) is 12.4. The fourth-order valence-corrected chi connectivity index (χ4v) is 2.60. The van der Waals surface area contributed by atoms with Gasteiger partial charge in [0.1, 0.15) is 0 Å². The van der Waals surface area contributed by atoms with Gasteiger partial charge in [-0.15, -0.1) is 0 Å². The summed E-state index contributed by atoms with van der Waals surface area (Å²) in [7, 11) is 1.69. The third-order valence-electron chi connectivity index (χ3n) is 3.60. The summed E-state index contributed by atoms with van der Waals surface area (Å²) in [6.07, 6.45) is 7.83. The standard InChI is InChI=1S/C14H19N3O/c1-18-13-5-4-9-17-11-12(15-14(13)17)6-10-16-7-2-3-8-16/h4-5,9,11H,2-3,6-8,10H2,1H3. The van der Waals surface area contributed by atoms with Gasteiger partial charge in [0.25, 0.3) is 0 Å². The molecule has 0 amide bonds. The van der Waals surface area contributed by atoms with E-state index in [1.165, 1.54) is 25.9 Å². The Hall–Kier alpha value is -1.55. The van der Waals surface area contributed by atoms with Crippen LogP contribution in [-0.2, 0) is 6.42 Å². The molecule has 0 radical (unpaired) electrons. The lowest BCUT2D eigenvalue weighted by Gasteiger charge is -2.12. The van der Waals surface area contributed by atoms with Crippen molar-refractivity contribution in [2.75, 3.05) is 26.7 Å². The Morgan fingerprint density at radius 1 is 1.33 bits per heavy atom. The Kier molecular flexibility index (Phi) is 3.19. The molecule has 0 N–H and O–H groups in total. The summed E-state index contributed by atoms with van der Waals surface area (Å²) < 4.78 is 7.36. The van der Waals surface area contributed by atoms with Crippen molar-refractivity contribution in [3.8, 4) is 5.75 Å². The van der Waals surface area contributed by atoms with Crippen molar-refractivity contribution in [3.63, 3.8) is 0 Å². The van der Waals surface area contributed by atoms with Gasteiger partial charge < -0.3 is 14.0 Å². The molecule has 0 spiro atoms. The number of pyridine rings is 1. The van der Waals surface area contributed by atoms with Gasteiger partial charge in [0.05, 0.1) is 12.8 Å². The van der Waals surface area contributed by atoms with E-state index < -0.39 is 0 Å². The van der Waals surface area contributed by atoms with Crippen molar-refractivity contribution >= 4 is 5.65 Å². The van der Waals surface area contributed by atoms with E-state index in [0.29, 0.717) is 0 Å². The van der Waals surface area contributed by atoms with Gasteiger partial charge in [-0.05, 0) is 38.1 Å². The summed E-state index contributed by atoms with van der Waals surface area (Å²) in [5, 5.41) is 0. The van der Waals surface area contributed by atoms with E-state index in [-0.39, 0.29) is 0 Å². The van der Waals surface area contributed by atoms with Crippen LogP contribution in [0.3, 0.4) is 0 Å². The van der Waals surface area contributed by atoms with E-state index in [1.54, 1.807) is 7.11 Å². The molecule has 0 aromatic carbocycles. The van der Waals surface area contributed by atoms with Gasteiger partial charge in [-0.1, -0.05) is 0 Å². The summed E-state index contributed by atoms with van der Waals surface area (Å²) >= 11 is 0. The van der Waals surface area contributed by atoms with Gasteiger partial charge in [-0.25, -0.2) is 4.98 Å². The molecule has 96 valence electrons. The molecule has 0 bridgehead atoms. The van der Waals surface area contributed by atoms with Gasteiger partial charge in [0.2, 0.25) is 0 Å². The lowest BCUT2D eigenvalue weighted by molar-refractivity contribution is 0.342. The van der Waals surface area contributed by atoms with Crippen LogP contribution in [0.2, 0.25) is 0 Å². The zero-order valence-corrected chi connectivity index (χ0v) is 10.8. The second-order valence-electron chi connectivity index (χ2n) is 4.84. The molecular formula is C14H19N3O. The van der Waals surface area contributed by atoms with E-state index in [9.17, 15) is 0 Å². The molecule has 18 heavy (non-hydrogen) atoms. The van der Waals surface area contributed by atoms with E-state index in [2.05, 4.69) is 16.1 Å². The van der Waals surface area contributed by atoms with Crippen molar-refractivity contribution in [2.45, 2.75) is 19.3 Å². The summed E-state index contributed by atoms with van der Waals surface area (Å²) in [6.45, 7) is 3.61. The number of hydrogen-bond acceptors (Lipinski definition) is 3. The average Bonchev–Trinajstić information content (AvgIpc) is 3.04. The number of fused-ring (bicyclic) bond motifs is 1. The van der Waals surface area contributed by atoms with E-state index >= 15 is 0 Å². The molecule has 4 heteroatoms. The maximum Gasteiger partial charge on any atom is 0.179 e. The Labute approximate surface area is 107 Å². The molecule has 1 fully saturated rings. The van der Waals surface area contributed by atoms with Crippen LogP contribution >= 0.6 is 0 Å². The molecule has 4 nitrogen and oxygen atoms in total. The Bertz CT molecular complexity index is 529. The molecule has 0 atom stereocenters. The maximum atomic E-state index is 5.32. The quantitative estimate of drug-likeness (QED) is 0.825. The largest absolute Gasteiger partial charge is 0.493 e. The summed E-state index contributed by atoms with van der Waals surface area (Å²) in [4.78, 5) is 7.17. The Balaban J connectivity index is 1.76. The van der Waals surface area contributed by atoms with E-state index in [1.807, 2.05) is 22.7 Å². The van der Waals surface area contributed by atoms with Crippen LogP contribution < -0.4 is 4.74 Å². The molecule has 1 aliphatic heterocycles.